The summed E-state index contributed by atoms with van der Waals surface area (Å²) in [6.07, 6.45) is 2.49. The van der Waals surface area contributed by atoms with Crippen LogP contribution >= 0.6 is 0 Å². The van der Waals surface area contributed by atoms with Gasteiger partial charge in [0.25, 0.3) is 5.69 Å². The molecule has 1 saturated carbocycles. The zero-order chi connectivity index (χ0) is 12.3. The molecule has 5 nitrogen and oxygen atoms in total. The van der Waals surface area contributed by atoms with Crippen LogP contribution in [0, 0.1) is 17.0 Å². The van der Waals surface area contributed by atoms with E-state index in [1.54, 1.807) is 19.1 Å². The van der Waals surface area contributed by atoms with Gasteiger partial charge >= 0.3 is 0 Å². The summed E-state index contributed by atoms with van der Waals surface area (Å²) >= 11 is 0. The smallest absolute Gasteiger partial charge is 0.276 e. The van der Waals surface area contributed by atoms with Crippen LogP contribution in [0.15, 0.2) is 18.2 Å². The van der Waals surface area contributed by atoms with Gasteiger partial charge in [0.2, 0.25) is 0 Å². The minimum Gasteiger partial charge on any atom is -0.492 e. The van der Waals surface area contributed by atoms with Crippen molar-refractivity contribution in [3.05, 3.63) is 33.9 Å². The second-order valence-corrected chi connectivity index (χ2v) is 4.23. The monoisotopic (exact) mass is 236 g/mol. The highest BCUT2D eigenvalue weighted by Gasteiger charge is 2.20. The molecule has 2 rings (SSSR count). The van der Waals surface area contributed by atoms with E-state index in [0.29, 0.717) is 24.0 Å². The molecule has 1 fully saturated rings. The number of nitrogens with zero attached hydrogens (tertiary/aromatic N) is 1. The van der Waals surface area contributed by atoms with Crippen molar-refractivity contribution >= 4 is 5.69 Å². The summed E-state index contributed by atoms with van der Waals surface area (Å²) in [7, 11) is 0. The van der Waals surface area contributed by atoms with Crippen molar-refractivity contribution < 1.29 is 9.66 Å². The maximum Gasteiger partial charge on any atom is 0.276 e. The number of hydrogen-bond donors (Lipinski definition) is 1. The van der Waals surface area contributed by atoms with Crippen LogP contribution in [0.25, 0.3) is 0 Å². The molecule has 0 radical (unpaired) electrons. The van der Waals surface area contributed by atoms with Gasteiger partial charge in [0.05, 0.1) is 10.5 Å². The van der Waals surface area contributed by atoms with Gasteiger partial charge < -0.3 is 10.1 Å². The maximum atomic E-state index is 10.7. The van der Waals surface area contributed by atoms with Crippen LogP contribution in [0.5, 0.6) is 5.75 Å². The highest BCUT2D eigenvalue weighted by atomic mass is 16.6. The van der Waals surface area contributed by atoms with Crippen LogP contribution in [0.2, 0.25) is 0 Å². The topological polar surface area (TPSA) is 64.4 Å². The van der Waals surface area contributed by atoms with E-state index < -0.39 is 0 Å². The molecule has 0 unspecified atom stereocenters. The minimum absolute atomic E-state index is 0.109. The molecule has 0 amide bonds. The van der Waals surface area contributed by atoms with E-state index in [2.05, 4.69) is 5.32 Å². The third-order valence-electron chi connectivity index (χ3n) is 2.82. The summed E-state index contributed by atoms with van der Waals surface area (Å²) in [5.74, 6) is 0.594. The third-order valence-corrected chi connectivity index (χ3v) is 2.82. The molecule has 0 aromatic heterocycles. The average Bonchev–Trinajstić information content (AvgIpc) is 3.10. The first-order chi connectivity index (χ1) is 8.18. The Morgan fingerprint density at radius 1 is 1.53 bits per heavy atom. The number of nitrogens with one attached hydrogen (secondary N) is 1. The first kappa shape index (κ1) is 11.9. The fourth-order valence-corrected chi connectivity index (χ4v) is 1.67. The lowest BCUT2D eigenvalue weighted by Crippen LogP contribution is -2.23. The molecule has 0 saturated heterocycles. The molecule has 92 valence electrons. The van der Waals surface area contributed by atoms with Crippen LogP contribution in [-0.2, 0) is 0 Å². The molecule has 1 aliphatic rings. The molecule has 5 heteroatoms. The van der Waals surface area contributed by atoms with E-state index in [4.69, 9.17) is 4.74 Å². The Bertz CT molecular complexity index is 416. The molecule has 1 aliphatic carbocycles. The fourth-order valence-electron chi connectivity index (χ4n) is 1.67. The van der Waals surface area contributed by atoms with Crippen LogP contribution in [0.4, 0.5) is 5.69 Å². The molecule has 0 atom stereocenters. The second kappa shape index (κ2) is 5.14. The highest BCUT2D eigenvalue weighted by Crippen LogP contribution is 2.26. The summed E-state index contributed by atoms with van der Waals surface area (Å²) in [6, 6.07) is 5.56. The van der Waals surface area contributed by atoms with Crippen molar-refractivity contribution in [2.24, 2.45) is 0 Å². The van der Waals surface area contributed by atoms with E-state index in [1.807, 2.05) is 0 Å². The normalized spacial score (nSPS) is 14.6. The molecule has 0 bridgehead atoms. The highest BCUT2D eigenvalue weighted by molar-refractivity contribution is 5.48. The summed E-state index contributed by atoms with van der Waals surface area (Å²) < 4.78 is 5.54. The quantitative estimate of drug-likeness (QED) is 0.466. The van der Waals surface area contributed by atoms with Gasteiger partial charge in [0.15, 0.2) is 0 Å². The van der Waals surface area contributed by atoms with Crippen LogP contribution < -0.4 is 10.1 Å². The van der Waals surface area contributed by atoms with Crippen molar-refractivity contribution in [2.75, 3.05) is 13.2 Å². The van der Waals surface area contributed by atoms with E-state index in [0.717, 1.165) is 6.54 Å². The Morgan fingerprint density at radius 2 is 2.29 bits per heavy atom. The zero-order valence-corrected chi connectivity index (χ0v) is 9.81. The van der Waals surface area contributed by atoms with E-state index in [9.17, 15) is 10.1 Å². The predicted octanol–water partition coefficient (Wildman–Crippen LogP) is 2.03. The van der Waals surface area contributed by atoms with Crippen molar-refractivity contribution in [1.82, 2.24) is 5.32 Å². The fraction of sp³-hybridized carbons (Fsp3) is 0.500. The van der Waals surface area contributed by atoms with E-state index in [-0.39, 0.29) is 10.6 Å². The molecule has 1 N–H and O–H groups in total. The molecule has 0 aliphatic heterocycles. The van der Waals surface area contributed by atoms with E-state index in [1.165, 1.54) is 18.9 Å². The van der Waals surface area contributed by atoms with Gasteiger partial charge in [-0.3, -0.25) is 10.1 Å². The first-order valence-electron chi connectivity index (χ1n) is 5.78. The Hall–Kier alpha value is -1.62. The van der Waals surface area contributed by atoms with Gasteiger partial charge in [-0.1, -0.05) is 6.07 Å². The lowest BCUT2D eigenvalue weighted by atomic mass is 10.2. The van der Waals surface area contributed by atoms with Gasteiger partial charge in [-0.05, 0) is 25.8 Å². The standard InChI is InChI=1S/C12H16N2O3/c1-9-11(14(15)16)3-2-4-12(9)17-8-7-13-10-5-6-10/h2-4,10,13H,5-8H2,1H3. The number of benzene rings is 1. The van der Waals surface area contributed by atoms with Gasteiger partial charge in [-0.15, -0.1) is 0 Å². The van der Waals surface area contributed by atoms with Crippen LogP contribution in [0.1, 0.15) is 18.4 Å². The summed E-state index contributed by atoms with van der Waals surface area (Å²) in [6.45, 7) is 3.03. The second-order valence-electron chi connectivity index (χ2n) is 4.23. The lowest BCUT2D eigenvalue weighted by Gasteiger charge is -2.09. The zero-order valence-electron chi connectivity index (χ0n) is 9.81. The molecular formula is C12H16N2O3. The van der Waals surface area contributed by atoms with Crippen molar-refractivity contribution in [1.29, 1.82) is 0 Å². The Kier molecular flexibility index (Phi) is 3.58. The average molecular weight is 236 g/mol. The maximum absolute atomic E-state index is 10.7. The summed E-state index contributed by atoms with van der Waals surface area (Å²) in [5.41, 5.74) is 0.696. The number of nitro groups is 1. The number of nitro benzene ring substituents is 1. The molecule has 1 aromatic rings. The Morgan fingerprint density at radius 3 is 2.94 bits per heavy atom. The van der Waals surface area contributed by atoms with E-state index >= 15 is 0 Å². The number of rotatable bonds is 6. The van der Waals surface area contributed by atoms with Crippen LogP contribution in [-0.4, -0.2) is 24.1 Å². The van der Waals surface area contributed by atoms with Gasteiger partial charge in [-0.25, -0.2) is 0 Å². The largest absolute Gasteiger partial charge is 0.492 e. The lowest BCUT2D eigenvalue weighted by molar-refractivity contribution is -0.385. The minimum atomic E-state index is -0.384. The molecule has 0 heterocycles. The number of ether oxygens (including phenoxy) is 1. The summed E-state index contributed by atoms with van der Waals surface area (Å²) in [4.78, 5) is 10.4. The molecular weight excluding hydrogens is 220 g/mol. The van der Waals surface area contributed by atoms with Crippen molar-refractivity contribution in [3.8, 4) is 5.75 Å². The number of hydrogen-bond acceptors (Lipinski definition) is 4. The molecule has 17 heavy (non-hydrogen) atoms. The van der Waals surface area contributed by atoms with Gasteiger partial charge in [0, 0.05) is 18.7 Å². The molecule has 0 spiro atoms. The van der Waals surface area contributed by atoms with Gasteiger partial charge in [-0.2, -0.15) is 0 Å². The van der Waals surface area contributed by atoms with Gasteiger partial charge in [0.1, 0.15) is 12.4 Å². The first-order valence-corrected chi connectivity index (χ1v) is 5.78. The van der Waals surface area contributed by atoms with Crippen LogP contribution in [0.3, 0.4) is 0 Å². The SMILES string of the molecule is Cc1c(OCCNC2CC2)cccc1[N+](=O)[O-]. The Labute approximate surface area is 99.9 Å². The van der Waals surface area contributed by atoms with Crippen molar-refractivity contribution in [2.45, 2.75) is 25.8 Å². The third kappa shape index (κ3) is 3.17. The Balaban J connectivity index is 1.90. The predicted molar refractivity (Wildman–Crippen MR) is 64.4 cm³/mol. The van der Waals surface area contributed by atoms with Crippen molar-refractivity contribution in [3.63, 3.8) is 0 Å². The molecule has 1 aromatic carbocycles. The summed E-state index contributed by atoms with van der Waals surface area (Å²) in [5, 5.41) is 14.1.